The number of amides is 1. The van der Waals surface area contributed by atoms with Gasteiger partial charge >= 0.3 is 0 Å². The highest BCUT2D eigenvalue weighted by atomic mass is 32.1. The lowest BCUT2D eigenvalue weighted by Crippen LogP contribution is -2.37. The van der Waals surface area contributed by atoms with E-state index < -0.39 is 5.41 Å². The highest BCUT2D eigenvalue weighted by Gasteiger charge is 2.42. The van der Waals surface area contributed by atoms with Crippen LogP contribution in [0.15, 0.2) is 59.4 Å². The van der Waals surface area contributed by atoms with Crippen LogP contribution in [0.4, 0.5) is 5.69 Å². The van der Waals surface area contributed by atoms with Crippen molar-refractivity contribution in [2.45, 2.75) is 31.1 Å². The first-order valence-corrected chi connectivity index (χ1v) is 10.4. The third-order valence-electron chi connectivity index (χ3n) is 5.63. The van der Waals surface area contributed by atoms with Gasteiger partial charge in [0.25, 0.3) is 0 Å². The number of nitrogens with one attached hydrogen (secondary N) is 2. The number of hydrogen-bond donors (Lipinski definition) is 2. The molecule has 2 heterocycles. The molecule has 0 saturated heterocycles. The number of aromatic nitrogens is 3. The van der Waals surface area contributed by atoms with E-state index in [1.165, 1.54) is 11.3 Å². The maximum atomic E-state index is 13.3. The predicted molar refractivity (Wildman–Crippen MR) is 112 cm³/mol. The lowest BCUT2D eigenvalue weighted by atomic mass is 9.78. The van der Waals surface area contributed by atoms with E-state index in [0.29, 0.717) is 0 Å². The van der Waals surface area contributed by atoms with E-state index in [1.54, 1.807) is 5.51 Å². The van der Waals surface area contributed by atoms with E-state index in [0.717, 1.165) is 59.5 Å². The first-order valence-electron chi connectivity index (χ1n) is 9.50. The Morgan fingerprint density at radius 3 is 2.68 bits per heavy atom. The summed E-state index contributed by atoms with van der Waals surface area (Å²) in [6.07, 6.45) is 3.95. The van der Waals surface area contributed by atoms with Crippen molar-refractivity contribution in [1.29, 1.82) is 0 Å². The van der Waals surface area contributed by atoms with Crippen LogP contribution in [0.25, 0.3) is 22.6 Å². The van der Waals surface area contributed by atoms with Gasteiger partial charge in [-0.1, -0.05) is 43.2 Å². The number of benzene rings is 2. The molecule has 28 heavy (non-hydrogen) atoms. The van der Waals surface area contributed by atoms with Crippen LogP contribution in [0.2, 0.25) is 0 Å². The Balaban J connectivity index is 1.45. The molecule has 2 N–H and O–H groups in total. The molecule has 4 aromatic rings. The minimum absolute atomic E-state index is 0.0785. The molecule has 0 aliphatic heterocycles. The van der Waals surface area contributed by atoms with Crippen LogP contribution in [0.5, 0.6) is 0 Å². The predicted octanol–water partition coefficient (Wildman–Crippen LogP) is 5.14. The molecule has 1 aliphatic carbocycles. The number of rotatable bonds is 4. The van der Waals surface area contributed by atoms with Gasteiger partial charge in [-0.2, -0.15) is 0 Å². The summed E-state index contributed by atoms with van der Waals surface area (Å²) in [5, 5.41) is 5.12. The maximum absolute atomic E-state index is 13.3. The van der Waals surface area contributed by atoms with Crippen molar-refractivity contribution in [2.24, 2.45) is 0 Å². The van der Waals surface area contributed by atoms with Crippen LogP contribution in [-0.4, -0.2) is 20.9 Å². The molecule has 2 aromatic heterocycles. The third kappa shape index (κ3) is 2.90. The molecule has 1 fully saturated rings. The maximum Gasteiger partial charge on any atom is 0.235 e. The summed E-state index contributed by atoms with van der Waals surface area (Å²) in [5.41, 5.74) is 5.84. The molecule has 1 aliphatic rings. The Bertz CT molecular complexity index is 1110. The number of carbonyl (C=O) groups excluding carboxylic acids is 1. The van der Waals surface area contributed by atoms with Gasteiger partial charge < -0.3 is 10.3 Å². The standard InChI is InChI=1S/C22H20N4OS/c27-21(22(10-4-5-11-22)15-6-2-1-3-7-15)24-16-8-9-17-18(12-16)26-20(25-17)19-13-28-14-23-19/h1-3,6-9,12-14H,4-5,10-11H2,(H,24,27)(H,25,26). The molecule has 5 nitrogen and oxygen atoms in total. The quantitative estimate of drug-likeness (QED) is 0.509. The van der Waals surface area contributed by atoms with E-state index >= 15 is 0 Å². The van der Waals surface area contributed by atoms with Crippen LogP contribution >= 0.6 is 11.3 Å². The number of carbonyl (C=O) groups is 1. The number of thiazole rings is 1. The Labute approximate surface area is 166 Å². The molecule has 0 unspecified atom stereocenters. The van der Waals surface area contributed by atoms with Crippen molar-refractivity contribution in [3.63, 3.8) is 0 Å². The zero-order valence-corrected chi connectivity index (χ0v) is 16.1. The van der Waals surface area contributed by atoms with Crippen LogP contribution in [0.3, 0.4) is 0 Å². The number of imidazole rings is 1. The second-order valence-electron chi connectivity index (χ2n) is 7.30. The average Bonchev–Trinajstić information content (AvgIpc) is 3.48. The highest BCUT2D eigenvalue weighted by Crippen LogP contribution is 2.42. The van der Waals surface area contributed by atoms with Crippen LogP contribution < -0.4 is 5.32 Å². The summed E-state index contributed by atoms with van der Waals surface area (Å²) >= 11 is 1.54. The normalized spacial score (nSPS) is 15.7. The Hall–Kier alpha value is -2.99. The summed E-state index contributed by atoms with van der Waals surface area (Å²) in [4.78, 5) is 25.5. The monoisotopic (exact) mass is 388 g/mol. The molecule has 1 saturated carbocycles. The number of H-pyrrole nitrogens is 1. The average molecular weight is 388 g/mol. The summed E-state index contributed by atoms with van der Waals surface area (Å²) in [6, 6.07) is 16.0. The SMILES string of the molecule is O=C(Nc1ccc2nc(-c3cscn3)[nH]c2c1)C1(c2ccccc2)CCCC1. The number of aromatic amines is 1. The second-order valence-corrected chi connectivity index (χ2v) is 8.02. The van der Waals surface area contributed by atoms with E-state index in [-0.39, 0.29) is 5.91 Å². The molecule has 1 amide bonds. The molecule has 0 radical (unpaired) electrons. The Morgan fingerprint density at radius 1 is 1.11 bits per heavy atom. The fourth-order valence-corrected chi connectivity index (χ4v) is 4.71. The Morgan fingerprint density at radius 2 is 1.93 bits per heavy atom. The van der Waals surface area contributed by atoms with Crippen molar-refractivity contribution in [1.82, 2.24) is 15.0 Å². The van der Waals surface area contributed by atoms with Crippen LogP contribution in [-0.2, 0) is 10.2 Å². The molecule has 140 valence electrons. The van der Waals surface area contributed by atoms with Gasteiger partial charge in [0, 0.05) is 11.1 Å². The number of anilines is 1. The van der Waals surface area contributed by atoms with Crippen molar-refractivity contribution >= 4 is 34.0 Å². The van der Waals surface area contributed by atoms with Gasteiger partial charge in [-0.15, -0.1) is 11.3 Å². The molecule has 2 aromatic carbocycles. The van der Waals surface area contributed by atoms with E-state index in [9.17, 15) is 4.79 Å². The fraction of sp³-hybridized carbons (Fsp3) is 0.227. The van der Waals surface area contributed by atoms with Gasteiger partial charge in [-0.05, 0) is 36.6 Å². The molecule has 0 bridgehead atoms. The fourth-order valence-electron chi connectivity index (χ4n) is 4.17. The smallest absolute Gasteiger partial charge is 0.235 e. The van der Waals surface area contributed by atoms with Gasteiger partial charge in [0.05, 0.1) is 22.0 Å². The van der Waals surface area contributed by atoms with Crippen molar-refractivity contribution in [3.8, 4) is 11.5 Å². The highest BCUT2D eigenvalue weighted by molar-refractivity contribution is 7.07. The van der Waals surface area contributed by atoms with Crippen molar-refractivity contribution in [2.75, 3.05) is 5.32 Å². The second kappa shape index (κ2) is 6.87. The van der Waals surface area contributed by atoms with Gasteiger partial charge in [0.2, 0.25) is 5.91 Å². The van der Waals surface area contributed by atoms with Gasteiger partial charge in [0.1, 0.15) is 5.69 Å². The summed E-state index contributed by atoms with van der Waals surface area (Å²) in [5.74, 6) is 0.825. The molecular formula is C22H20N4OS. The molecule has 6 heteroatoms. The van der Waals surface area contributed by atoms with Crippen molar-refractivity contribution < 1.29 is 4.79 Å². The van der Waals surface area contributed by atoms with Gasteiger partial charge in [-0.25, -0.2) is 9.97 Å². The first-order chi connectivity index (χ1) is 13.7. The summed E-state index contributed by atoms with van der Waals surface area (Å²) in [6.45, 7) is 0. The number of nitrogens with zero attached hydrogens (tertiary/aromatic N) is 2. The first kappa shape index (κ1) is 17.1. The van der Waals surface area contributed by atoms with Crippen molar-refractivity contribution in [3.05, 3.63) is 65.0 Å². The van der Waals surface area contributed by atoms with E-state index in [4.69, 9.17) is 0 Å². The van der Waals surface area contributed by atoms with E-state index in [1.807, 2.05) is 41.8 Å². The zero-order valence-electron chi connectivity index (χ0n) is 15.3. The van der Waals surface area contributed by atoms with Gasteiger partial charge in [-0.3, -0.25) is 4.79 Å². The largest absolute Gasteiger partial charge is 0.337 e. The van der Waals surface area contributed by atoms with Gasteiger partial charge in [0.15, 0.2) is 5.82 Å². The topological polar surface area (TPSA) is 70.7 Å². The third-order valence-corrected chi connectivity index (χ3v) is 6.22. The molecular weight excluding hydrogens is 368 g/mol. The van der Waals surface area contributed by atoms with Crippen LogP contribution in [0, 0.1) is 0 Å². The number of hydrogen-bond acceptors (Lipinski definition) is 4. The minimum atomic E-state index is -0.435. The summed E-state index contributed by atoms with van der Waals surface area (Å²) in [7, 11) is 0. The molecule has 0 atom stereocenters. The molecule has 0 spiro atoms. The van der Waals surface area contributed by atoms with Crippen LogP contribution in [0.1, 0.15) is 31.2 Å². The van der Waals surface area contributed by atoms with E-state index in [2.05, 4.69) is 32.4 Å². The lowest BCUT2D eigenvalue weighted by Gasteiger charge is -2.28. The molecule has 5 rings (SSSR count). The minimum Gasteiger partial charge on any atom is -0.337 e. The zero-order chi connectivity index (χ0) is 19.0. The summed E-state index contributed by atoms with van der Waals surface area (Å²) < 4.78 is 0. The lowest BCUT2D eigenvalue weighted by molar-refractivity contribution is -0.121. The Kier molecular flexibility index (Phi) is 4.20. The number of fused-ring (bicyclic) bond motifs is 1.